The first-order valence-corrected chi connectivity index (χ1v) is 6.37. The summed E-state index contributed by atoms with van der Waals surface area (Å²) >= 11 is 0. The molecule has 1 unspecified atom stereocenters. The first-order chi connectivity index (χ1) is 9.32. The zero-order chi connectivity index (χ0) is 15.3. The maximum atomic E-state index is 11.8. The standard InChI is InChI=1S/C14H21N3O3/c1-9-6-5-7-11(12(9)13(18)19)16-14(20)15-8-10(2)17(3)4/h5-7,10H,8H2,1-4H3,(H,18,19)(H2,15,16,20). The summed E-state index contributed by atoms with van der Waals surface area (Å²) in [5, 5.41) is 14.5. The number of amides is 2. The third-order valence-electron chi connectivity index (χ3n) is 3.17. The quantitative estimate of drug-likeness (QED) is 0.767. The van der Waals surface area contributed by atoms with Gasteiger partial charge < -0.3 is 20.6 Å². The number of carbonyl (C=O) groups excluding carboxylic acids is 1. The van der Waals surface area contributed by atoms with Gasteiger partial charge in [0.15, 0.2) is 0 Å². The Bertz CT molecular complexity index is 500. The molecule has 1 aromatic carbocycles. The first-order valence-electron chi connectivity index (χ1n) is 6.37. The number of likely N-dealkylation sites (N-methyl/N-ethyl adjacent to an activating group) is 1. The largest absolute Gasteiger partial charge is 0.478 e. The molecule has 0 radical (unpaired) electrons. The number of aryl methyl sites for hydroxylation is 1. The van der Waals surface area contributed by atoms with Gasteiger partial charge in [0.25, 0.3) is 0 Å². The number of rotatable bonds is 5. The van der Waals surface area contributed by atoms with Crippen molar-refractivity contribution in [2.45, 2.75) is 19.9 Å². The van der Waals surface area contributed by atoms with Gasteiger partial charge in [0.05, 0.1) is 11.3 Å². The lowest BCUT2D eigenvalue weighted by Gasteiger charge is -2.20. The summed E-state index contributed by atoms with van der Waals surface area (Å²) in [6.07, 6.45) is 0. The van der Waals surface area contributed by atoms with Gasteiger partial charge in [0, 0.05) is 12.6 Å². The summed E-state index contributed by atoms with van der Waals surface area (Å²) in [5.41, 5.74) is 1.02. The predicted octanol–water partition coefficient (Wildman–Crippen LogP) is 1.76. The van der Waals surface area contributed by atoms with E-state index < -0.39 is 12.0 Å². The SMILES string of the molecule is Cc1cccc(NC(=O)NCC(C)N(C)C)c1C(=O)O. The molecule has 0 aliphatic heterocycles. The molecular weight excluding hydrogens is 258 g/mol. The molecule has 0 heterocycles. The molecule has 3 N–H and O–H groups in total. The first kappa shape index (κ1) is 16.0. The molecule has 0 saturated carbocycles. The number of aromatic carboxylic acids is 1. The average molecular weight is 279 g/mol. The van der Waals surface area contributed by atoms with Crippen molar-refractivity contribution in [1.29, 1.82) is 0 Å². The number of urea groups is 1. The van der Waals surface area contributed by atoms with E-state index in [4.69, 9.17) is 0 Å². The molecule has 6 heteroatoms. The van der Waals surface area contributed by atoms with E-state index >= 15 is 0 Å². The Kier molecular flexibility index (Phi) is 5.52. The van der Waals surface area contributed by atoms with Crippen molar-refractivity contribution >= 4 is 17.7 Å². The third kappa shape index (κ3) is 4.24. The Morgan fingerprint density at radius 1 is 1.35 bits per heavy atom. The van der Waals surface area contributed by atoms with Crippen molar-refractivity contribution in [1.82, 2.24) is 10.2 Å². The van der Waals surface area contributed by atoms with Crippen LogP contribution in [0, 0.1) is 6.92 Å². The Balaban J connectivity index is 2.72. The molecule has 0 bridgehead atoms. The molecule has 0 saturated heterocycles. The highest BCUT2D eigenvalue weighted by atomic mass is 16.4. The zero-order valence-electron chi connectivity index (χ0n) is 12.2. The molecular formula is C14H21N3O3. The summed E-state index contributed by atoms with van der Waals surface area (Å²) in [6.45, 7) is 4.16. The number of carboxylic acids is 1. The number of benzene rings is 1. The van der Waals surface area contributed by atoms with Crippen LogP contribution in [0.1, 0.15) is 22.8 Å². The van der Waals surface area contributed by atoms with E-state index in [1.807, 2.05) is 25.9 Å². The van der Waals surface area contributed by atoms with Crippen LogP contribution in [0.25, 0.3) is 0 Å². The van der Waals surface area contributed by atoms with Crippen molar-refractivity contribution in [2.75, 3.05) is 26.0 Å². The van der Waals surface area contributed by atoms with Crippen LogP contribution in [0.15, 0.2) is 18.2 Å². The highest BCUT2D eigenvalue weighted by Crippen LogP contribution is 2.19. The van der Waals surface area contributed by atoms with Gasteiger partial charge in [-0.3, -0.25) is 0 Å². The minimum Gasteiger partial charge on any atom is -0.478 e. The summed E-state index contributed by atoms with van der Waals surface area (Å²) in [7, 11) is 3.85. The Hall–Kier alpha value is -2.08. The lowest BCUT2D eigenvalue weighted by molar-refractivity contribution is 0.0697. The van der Waals surface area contributed by atoms with E-state index in [0.29, 0.717) is 17.8 Å². The summed E-state index contributed by atoms with van der Waals surface area (Å²) in [5.74, 6) is -1.06. The number of hydrogen-bond acceptors (Lipinski definition) is 3. The second-order valence-corrected chi connectivity index (χ2v) is 4.95. The third-order valence-corrected chi connectivity index (χ3v) is 3.17. The molecule has 1 rings (SSSR count). The van der Waals surface area contributed by atoms with Crippen molar-refractivity contribution in [3.8, 4) is 0 Å². The van der Waals surface area contributed by atoms with E-state index in [2.05, 4.69) is 10.6 Å². The van der Waals surface area contributed by atoms with Crippen molar-refractivity contribution in [3.05, 3.63) is 29.3 Å². The molecule has 0 spiro atoms. The highest BCUT2D eigenvalue weighted by Gasteiger charge is 2.15. The molecule has 2 amide bonds. The van der Waals surface area contributed by atoms with Gasteiger partial charge >= 0.3 is 12.0 Å². The fourth-order valence-electron chi connectivity index (χ4n) is 1.65. The van der Waals surface area contributed by atoms with Gasteiger partial charge in [0.1, 0.15) is 0 Å². The summed E-state index contributed by atoms with van der Waals surface area (Å²) in [4.78, 5) is 25.0. The maximum absolute atomic E-state index is 11.8. The van der Waals surface area contributed by atoms with Crippen LogP contribution in [0.5, 0.6) is 0 Å². The molecule has 1 atom stereocenters. The highest BCUT2D eigenvalue weighted by molar-refractivity contribution is 6.01. The van der Waals surface area contributed by atoms with Crippen LogP contribution in [-0.2, 0) is 0 Å². The van der Waals surface area contributed by atoms with E-state index in [0.717, 1.165) is 0 Å². The topological polar surface area (TPSA) is 81.7 Å². The van der Waals surface area contributed by atoms with Crippen molar-refractivity contribution < 1.29 is 14.7 Å². The van der Waals surface area contributed by atoms with Gasteiger partial charge in [-0.2, -0.15) is 0 Å². The Morgan fingerprint density at radius 2 is 2.00 bits per heavy atom. The van der Waals surface area contributed by atoms with Crippen LogP contribution in [0.3, 0.4) is 0 Å². The fraction of sp³-hybridized carbons (Fsp3) is 0.429. The van der Waals surface area contributed by atoms with E-state index in [-0.39, 0.29) is 11.6 Å². The van der Waals surface area contributed by atoms with Gasteiger partial charge in [-0.25, -0.2) is 9.59 Å². The number of hydrogen-bond donors (Lipinski definition) is 3. The second-order valence-electron chi connectivity index (χ2n) is 4.95. The summed E-state index contributed by atoms with van der Waals surface area (Å²) < 4.78 is 0. The van der Waals surface area contributed by atoms with Crippen molar-refractivity contribution in [3.63, 3.8) is 0 Å². The van der Waals surface area contributed by atoms with Crippen molar-refractivity contribution in [2.24, 2.45) is 0 Å². The Labute approximate surface area is 118 Å². The number of nitrogens with one attached hydrogen (secondary N) is 2. The number of carboxylic acid groups (broad SMARTS) is 1. The molecule has 0 fully saturated rings. The minimum absolute atomic E-state index is 0.114. The number of nitrogens with zero attached hydrogens (tertiary/aromatic N) is 1. The van der Waals surface area contributed by atoms with E-state index in [9.17, 15) is 14.7 Å². The zero-order valence-corrected chi connectivity index (χ0v) is 12.2. The van der Waals surface area contributed by atoms with Crippen LogP contribution in [-0.4, -0.2) is 48.7 Å². The van der Waals surface area contributed by atoms with Crippen LogP contribution >= 0.6 is 0 Å². The lowest BCUT2D eigenvalue weighted by Crippen LogP contribution is -2.40. The molecule has 1 aromatic rings. The van der Waals surface area contributed by atoms with Crippen LogP contribution in [0.2, 0.25) is 0 Å². The minimum atomic E-state index is -1.06. The monoisotopic (exact) mass is 279 g/mol. The normalized spacial score (nSPS) is 12.1. The van der Waals surface area contributed by atoms with Gasteiger partial charge in [-0.1, -0.05) is 12.1 Å². The molecule has 0 aliphatic rings. The molecule has 20 heavy (non-hydrogen) atoms. The molecule has 6 nitrogen and oxygen atoms in total. The van der Waals surface area contributed by atoms with Gasteiger partial charge in [-0.15, -0.1) is 0 Å². The smallest absolute Gasteiger partial charge is 0.338 e. The number of carbonyl (C=O) groups is 2. The van der Waals surface area contributed by atoms with Gasteiger partial charge in [-0.05, 0) is 39.6 Å². The average Bonchev–Trinajstić information content (AvgIpc) is 2.35. The Morgan fingerprint density at radius 3 is 2.55 bits per heavy atom. The predicted molar refractivity (Wildman–Crippen MR) is 78.3 cm³/mol. The van der Waals surface area contributed by atoms with Crippen LogP contribution in [0.4, 0.5) is 10.5 Å². The van der Waals surface area contributed by atoms with Gasteiger partial charge in [0.2, 0.25) is 0 Å². The molecule has 0 aliphatic carbocycles. The summed E-state index contributed by atoms with van der Waals surface area (Å²) in [6, 6.07) is 4.76. The van der Waals surface area contributed by atoms with E-state index in [1.54, 1.807) is 25.1 Å². The molecule has 110 valence electrons. The van der Waals surface area contributed by atoms with Crippen LogP contribution < -0.4 is 10.6 Å². The second kappa shape index (κ2) is 6.91. The van der Waals surface area contributed by atoms with E-state index in [1.165, 1.54) is 0 Å². The number of anilines is 1. The fourth-order valence-corrected chi connectivity index (χ4v) is 1.65. The maximum Gasteiger partial charge on any atom is 0.338 e. The lowest BCUT2D eigenvalue weighted by atomic mass is 10.1. The molecule has 0 aromatic heterocycles.